The highest BCUT2D eigenvalue weighted by molar-refractivity contribution is 5.76. The van der Waals surface area contributed by atoms with Gasteiger partial charge in [-0.05, 0) is 12.8 Å². The number of piperidine rings is 1. The molecule has 0 aromatic carbocycles. The van der Waals surface area contributed by atoms with Gasteiger partial charge in [-0.15, -0.1) is 4.68 Å². The number of carbonyl (C=O) groups is 1. The molecule has 4 N–H and O–H groups in total. The number of nitrogens with one attached hydrogen (secondary N) is 2. The van der Waals surface area contributed by atoms with Crippen LogP contribution in [0.1, 0.15) is 31.4 Å². The van der Waals surface area contributed by atoms with E-state index in [4.69, 9.17) is 15.5 Å². The van der Waals surface area contributed by atoms with Crippen molar-refractivity contribution in [3.8, 4) is 11.1 Å². The summed E-state index contributed by atoms with van der Waals surface area (Å²) in [5.74, 6) is 0.587. The molecule has 0 aliphatic carbocycles. The first-order valence-corrected chi connectivity index (χ1v) is 9.06. The molecule has 3 aromatic rings. The molecule has 4 rings (SSSR count). The second-order valence-electron chi connectivity index (χ2n) is 7.05. The van der Waals surface area contributed by atoms with Gasteiger partial charge < -0.3 is 15.8 Å². The van der Waals surface area contributed by atoms with Gasteiger partial charge in [0.1, 0.15) is 12.4 Å². The molecule has 4 heterocycles. The summed E-state index contributed by atoms with van der Waals surface area (Å²) in [6.45, 7) is 2.62. The maximum Gasteiger partial charge on any atom is 0.302 e. The molecular weight excluding hydrogens is 346 g/mol. The summed E-state index contributed by atoms with van der Waals surface area (Å²) in [4.78, 5) is 15.8. The van der Waals surface area contributed by atoms with Crippen LogP contribution >= 0.6 is 0 Å². The number of hydrogen-bond acceptors (Lipinski definition) is 6. The first kappa shape index (κ1) is 17.5. The zero-order chi connectivity index (χ0) is 19.0. The summed E-state index contributed by atoms with van der Waals surface area (Å²) in [5, 5.41) is 10.9. The second kappa shape index (κ2) is 6.99. The largest absolute Gasteiger partial charge is 0.464 e. The number of ether oxygens (including phenoxy) is 1. The average Bonchev–Trinajstić information content (AvgIpc) is 3.26. The number of aryl methyl sites for hydroxylation is 1. The van der Waals surface area contributed by atoms with Gasteiger partial charge in [0.2, 0.25) is 6.20 Å². The molecule has 1 aliphatic rings. The van der Waals surface area contributed by atoms with Crippen LogP contribution < -0.4 is 15.7 Å². The van der Waals surface area contributed by atoms with E-state index in [0.717, 1.165) is 41.9 Å². The summed E-state index contributed by atoms with van der Waals surface area (Å²) >= 11 is 0. The number of rotatable bonds is 4. The van der Waals surface area contributed by atoms with E-state index in [1.54, 1.807) is 10.7 Å². The fourth-order valence-corrected chi connectivity index (χ4v) is 3.55. The normalized spacial score (nSPS) is 20.1. The molecule has 142 valence electrons. The van der Waals surface area contributed by atoms with Crippen LogP contribution in [0.5, 0.6) is 0 Å². The van der Waals surface area contributed by atoms with Crippen LogP contribution in [0.15, 0.2) is 24.7 Å². The molecule has 0 amide bonds. The zero-order valence-corrected chi connectivity index (χ0v) is 15.5. The van der Waals surface area contributed by atoms with Crippen LogP contribution in [-0.4, -0.2) is 44.9 Å². The Morgan fingerprint density at radius 2 is 2.33 bits per heavy atom. The van der Waals surface area contributed by atoms with Crippen LogP contribution in [0, 0.1) is 0 Å². The van der Waals surface area contributed by atoms with Crippen molar-refractivity contribution in [1.82, 2.24) is 25.0 Å². The van der Waals surface area contributed by atoms with Crippen molar-refractivity contribution in [2.75, 3.05) is 18.9 Å². The van der Waals surface area contributed by atoms with Gasteiger partial charge in [-0.25, -0.2) is 4.98 Å². The van der Waals surface area contributed by atoms with Crippen LogP contribution in [0.3, 0.4) is 0 Å². The smallest absolute Gasteiger partial charge is 0.302 e. The first-order chi connectivity index (χ1) is 13.0. The van der Waals surface area contributed by atoms with Crippen molar-refractivity contribution < 1.29 is 14.2 Å². The van der Waals surface area contributed by atoms with Crippen LogP contribution in [-0.2, 0) is 16.6 Å². The van der Waals surface area contributed by atoms with E-state index in [-0.39, 0.29) is 17.9 Å². The van der Waals surface area contributed by atoms with Crippen molar-refractivity contribution in [3.05, 3.63) is 30.4 Å². The lowest BCUT2D eigenvalue weighted by atomic mass is 9.92. The predicted octanol–water partition coefficient (Wildman–Crippen LogP) is 0.530. The molecule has 0 bridgehead atoms. The van der Waals surface area contributed by atoms with Crippen LogP contribution in [0.4, 0.5) is 5.82 Å². The number of nitrogen functional groups attached to an aromatic ring is 1. The van der Waals surface area contributed by atoms with E-state index >= 15 is 0 Å². The molecule has 0 saturated carbocycles. The fourth-order valence-electron chi connectivity index (χ4n) is 3.55. The molecule has 2 atom stereocenters. The number of aromatic nitrogens is 5. The van der Waals surface area contributed by atoms with E-state index in [0.29, 0.717) is 12.4 Å². The lowest BCUT2D eigenvalue weighted by Gasteiger charge is -2.29. The maximum absolute atomic E-state index is 11.0. The van der Waals surface area contributed by atoms with Crippen molar-refractivity contribution in [2.24, 2.45) is 7.05 Å². The van der Waals surface area contributed by atoms with E-state index in [9.17, 15) is 4.79 Å². The predicted molar refractivity (Wildman–Crippen MR) is 98.8 cm³/mol. The van der Waals surface area contributed by atoms with Gasteiger partial charge in [-0.3, -0.25) is 4.79 Å². The Bertz CT molecular complexity index is 969. The number of nitrogens with two attached hydrogens (primary N) is 1. The van der Waals surface area contributed by atoms with Gasteiger partial charge in [0.25, 0.3) is 0 Å². The third-order valence-corrected chi connectivity index (χ3v) is 5.01. The molecule has 0 unspecified atom stereocenters. The monoisotopic (exact) mass is 370 g/mol. The van der Waals surface area contributed by atoms with Gasteiger partial charge >= 0.3 is 5.97 Å². The molecule has 9 nitrogen and oxygen atoms in total. The molecular formula is C18H24N7O2+. The zero-order valence-electron chi connectivity index (χ0n) is 15.5. The Balaban J connectivity index is 1.57. The standard InChI is InChI=1S/C18H23N7O2/c1-11(26)27-10-14-4-3-12(6-20-14)16-5-17(19)25-18(23-16)15(8-22-25)13-7-21-24(2)9-13/h5,7-9,12,14,20H,3-4,6,10H2,1-2H3,(H2,19,22,23)/p+1/t12-,14-/m0/s1. The Kier molecular flexibility index (Phi) is 4.53. The molecule has 3 aromatic heterocycles. The summed E-state index contributed by atoms with van der Waals surface area (Å²) in [6, 6.07) is 2.09. The topological polar surface area (TPSA) is 114 Å². The molecule has 0 spiro atoms. The van der Waals surface area contributed by atoms with Crippen molar-refractivity contribution >= 4 is 17.4 Å². The minimum Gasteiger partial charge on any atom is -0.464 e. The summed E-state index contributed by atoms with van der Waals surface area (Å²) in [7, 11) is 1.93. The molecule has 27 heavy (non-hydrogen) atoms. The average molecular weight is 370 g/mol. The molecule has 9 heteroatoms. The first-order valence-electron chi connectivity index (χ1n) is 9.06. The summed E-state index contributed by atoms with van der Waals surface area (Å²) in [5.41, 5.74) is 9.91. The minimum atomic E-state index is -0.245. The molecule has 1 aliphatic heterocycles. The highest BCUT2D eigenvalue weighted by Gasteiger charge is 2.25. The summed E-state index contributed by atoms with van der Waals surface area (Å²) < 4.78 is 8.65. The lowest BCUT2D eigenvalue weighted by molar-refractivity contribution is -0.726. The Morgan fingerprint density at radius 3 is 3.00 bits per heavy atom. The summed E-state index contributed by atoms with van der Waals surface area (Å²) in [6.07, 6.45) is 7.58. The van der Waals surface area contributed by atoms with E-state index in [1.807, 2.05) is 30.2 Å². The highest BCUT2D eigenvalue weighted by Crippen LogP contribution is 2.29. The quantitative estimate of drug-likeness (QED) is 0.456. The SMILES string of the molecule is CC(=O)OC[C@@H]1CC[C@H](c2cc(N)n3ncc(-c4c[nH][n+](C)c4)c3n2)CN1. The number of nitrogens with zero attached hydrogens (tertiary/aromatic N) is 4. The molecule has 0 radical (unpaired) electrons. The number of hydrogen-bond donors (Lipinski definition) is 3. The second-order valence-corrected chi connectivity index (χ2v) is 7.05. The number of carbonyl (C=O) groups excluding carboxylic acids is 1. The van der Waals surface area contributed by atoms with Gasteiger partial charge in [0.15, 0.2) is 12.7 Å². The number of fused-ring (bicyclic) bond motifs is 1. The van der Waals surface area contributed by atoms with Crippen LogP contribution in [0.2, 0.25) is 0 Å². The number of H-pyrrole nitrogens is 1. The fraction of sp³-hybridized carbons (Fsp3) is 0.444. The van der Waals surface area contributed by atoms with E-state index < -0.39 is 0 Å². The van der Waals surface area contributed by atoms with E-state index in [1.165, 1.54) is 6.92 Å². The third-order valence-electron chi connectivity index (χ3n) is 5.01. The molecule has 1 fully saturated rings. The number of anilines is 1. The number of aromatic amines is 1. The minimum absolute atomic E-state index is 0.191. The van der Waals surface area contributed by atoms with Crippen molar-refractivity contribution in [3.63, 3.8) is 0 Å². The lowest BCUT2D eigenvalue weighted by Crippen LogP contribution is -2.41. The van der Waals surface area contributed by atoms with Crippen molar-refractivity contribution in [2.45, 2.75) is 31.7 Å². The van der Waals surface area contributed by atoms with Crippen molar-refractivity contribution in [1.29, 1.82) is 0 Å². The number of esters is 1. The van der Waals surface area contributed by atoms with Gasteiger partial charge in [0.05, 0.1) is 29.2 Å². The Hall–Kier alpha value is -2.94. The third kappa shape index (κ3) is 3.50. The van der Waals surface area contributed by atoms with Gasteiger partial charge in [0, 0.05) is 31.5 Å². The Labute approximate surface area is 156 Å². The van der Waals surface area contributed by atoms with E-state index in [2.05, 4.69) is 15.5 Å². The van der Waals surface area contributed by atoms with Crippen LogP contribution in [0.25, 0.3) is 16.8 Å². The highest BCUT2D eigenvalue weighted by atomic mass is 16.5. The maximum atomic E-state index is 11.0. The van der Waals surface area contributed by atoms with Gasteiger partial charge in [-0.1, -0.05) is 0 Å². The van der Waals surface area contributed by atoms with Gasteiger partial charge in [-0.2, -0.15) is 14.7 Å². The Morgan fingerprint density at radius 1 is 1.48 bits per heavy atom. The molecule has 1 saturated heterocycles.